The molecule has 2 aliphatic rings. The van der Waals surface area contributed by atoms with Crippen molar-refractivity contribution in [1.82, 2.24) is 0 Å². The minimum Gasteiger partial charge on any atom is -0.374 e. The first kappa shape index (κ1) is 129. The van der Waals surface area contributed by atoms with Crippen LogP contribution in [0.2, 0.25) is 0 Å². The van der Waals surface area contributed by atoms with Crippen molar-refractivity contribution in [2.45, 2.75) is 395 Å². The molecule has 0 N–H and O–H groups in total. The van der Waals surface area contributed by atoms with Crippen molar-refractivity contribution < 1.29 is 0 Å². The van der Waals surface area contributed by atoms with Crippen molar-refractivity contribution in [2.75, 3.05) is 109 Å². The summed E-state index contributed by atoms with van der Waals surface area (Å²) in [4.78, 5) is 15.9. The molecule has 5 atom stereocenters. The van der Waals surface area contributed by atoms with Crippen LogP contribution in [0.15, 0.2) is 121 Å². The fraction of sp³-hybridized carbons (Fsp3) is 0.676. The fourth-order valence-corrected chi connectivity index (χ4v) is 16.7. The first-order chi connectivity index (χ1) is 57.2. The number of piperidine rings is 2. The highest BCUT2D eigenvalue weighted by molar-refractivity contribution is 5.64. The third-order valence-corrected chi connectivity index (χ3v) is 20.8. The zero-order chi connectivity index (χ0) is 92.6. The van der Waals surface area contributed by atoms with Crippen LogP contribution in [-0.2, 0) is 64.2 Å². The number of hydrogen-bond acceptors (Lipinski definition) is 6. The number of rotatable bonds is 28. The molecule has 0 bridgehead atoms. The number of para-hydroxylation sites is 6. The van der Waals surface area contributed by atoms with Gasteiger partial charge in [0.2, 0.25) is 0 Å². The van der Waals surface area contributed by atoms with E-state index in [1.54, 1.807) is 0 Å². The molecule has 2 heterocycles. The Bertz CT molecular complexity index is 2910. The van der Waals surface area contributed by atoms with E-state index in [-0.39, 0.29) is 5.41 Å². The highest BCUT2D eigenvalue weighted by atomic mass is 15.2. The van der Waals surface area contributed by atoms with Crippen molar-refractivity contribution in [3.05, 3.63) is 177 Å². The minimum atomic E-state index is 0.267. The van der Waals surface area contributed by atoms with Crippen LogP contribution < -0.4 is 29.4 Å². The molecular formula is C111H210N6. The Morgan fingerprint density at radius 2 is 0.487 bits per heavy atom. The number of hydrogen-bond donors (Lipinski definition) is 0. The Hall–Kier alpha value is -5.88. The van der Waals surface area contributed by atoms with E-state index in [0.29, 0.717) is 23.7 Å². The molecule has 2 aliphatic heterocycles. The van der Waals surface area contributed by atoms with Crippen molar-refractivity contribution >= 4 is 34.1 Å². The molecule has 8 rings (SSSR count). The van der Waals surface area contributed by atoms with Gasteiger partial charge in [-0.1, -0.05) is 414 Å². The Balaban J connectivity index is -0.000000198. The first-order valence-electron chi connectivity index (χ1n) is 50.2. The largest absolute Gasteiger partial charge is 0.374 e. The topological polar surface area (TPSA) is 19.4 Å². The maximum atomic E-state index is 2.82. The first-order valence-corrected chi connectivity index (χ1v) is 50.2. The van der Waals surface area contributed by atoms with Crippen LogP contribution in [0.1, 0.15) is 386 Å². The van der Waals surface area contributed by atoms with Gasteiger partial charge in [0.15, 0.2) is 0 Å². The zero-order valence-electron chi connectivity index (χ0n) is 88.0. The summed E-state index contributed by atoms with van der Waals surface area (Å²) in [6.07, 6.45) is 15.8. The second-order valence-corrected chi connectivity index (χ2v) is 26.3. The van der Waals surface area contributed by atoms with Gasteiger partial charge in [-0.05, 0) is 181 Å². The average Bonchev–Trinajstić information content (AvgIpc) is 0.719. The molecule has 117 heavy (non-hydrogen) atoms. The van der Waals surface area contributed by atoms with Crippen LogP contribution in [0.25, 0.3) is 0 Å². The summed E-state index contributed by atoms with van der Waals surface area (Å²) in [6, 6.07) is 45.6. The molecular weight excluding hydrogens is 1420 g/mol. The van der Waals surface area contributed by atoms with Gasteiger partial charge >= 0.3 is 0 Å². The van der Waals surface area contributed by atoms with Gasteiger partial charge in [0.25, 0.3) is 0 Å². The smallest absolute Gasteiger partial charge is 0.0431 e. The number of benzene rings is 6. The summed E-state index contributed by atoms with van der Waals surface area (Å²) in [5.74, 6) is 2.35. The monoisotopic (exact) mass is 1630 g/mol. The summed E-state index contributed by atoms with van der Waals surface area (Å²) >= 11 is 0. The summed E-state index contributed by atoms with van der Waals surface area (Å²) < 4.78 is 0. The van der Waals surface area contributed by atoms with Gasteiger partial charge in [-0.3, -0.25) is 0 Å². The Morgan fingerprint density at radius 3 is 0.744 bits per heavy atom. The van der Waals surface area contributed by atoms with Gasteiger partial charge < -0.3 is 29.4 Å². The van der Waals surface area contributed by atoms with E-state index < -0.39 is 0 Å². The van der Waals surface area contributed by atoms with Crippen LogP contribution in [0.5, 0.6) is 0 Å². The molecule has 6 aromatic rings. The van der Waals surface area contributed by atoms with Gasteiger partial charge in [0.1, 0.15) is 0 Å². The van der Waals surface area contributed by atoms with Gasteiger partial charge in [-0.2, -0.15) is 0 Å². The molecule has 0 saturated carbocycles. The standard InChI is InChI=1S/C42H61N3.C25H38N2.C16H27N.14C2H6/c1-10-33-19-15-16-24-39(33)43(9)28-38-29-45(41-36(13-4)22-18-23-37(41)14-5)27-32(8)42(38)30(6)25-44(26-31(42)7)40-34(11-2)20-17-21-35(40)12-3;1-6-18-27(25-22(8-3)15-12-16-23(25)9-4)20-13-19-26(5)24-17-11-10-14-21(24)7-2;1-5-12-17(13-6-2)16-14(7-3)10-9-11-15(16)8-4;14*1-2/h15-24,30-32,38H,10-14,25-29H2,1-9H3;10-12,14-17H,6-9,13,18-20H2,1-5H3;9-11H,5-8,12-13H2,1-4H3;14*1-2H3/t30-,31+,32-,38+,42?;;;;;;;;;;;;;;;;/m0................/s1. The van der Waals surface area contributed by atoms with Crippen LogP contribution >= 0.6 is 0 Å². The second kappa shape index (κ2) is 87.9. The van der Waals surface area contributed by atoms with Crippen molar-refractivity contribution in [3.8, 4) is 0 Å². The minimum absolute atomic E-state index is 0.267. The Labute approximate surface area is 739 Å². The lowest BCUT2D eigenvalue weighted by Crippen LogP contribution is -2.66. The molecule has 1 spiro atoms. The highest BCUT2D eigenvalue weighted by Crippen LogP contribution is 2.57. The lowest BCUT2D eigenvalue weighted by atomic mass is 9.51. The Kier molecular flexibility index (Phi) is 97.1. The molecule has 2 fully saturated rings. The summed E-state index contributed by atoms with van der Waals surface area (Å²) in [5, 5.41) is 0. The van der Waals surface area contributed by atoms with E-state index in [0.717, 1.165) is 117 Å². The molecule has 0 amide bonds. The SMILES string of the molecule is CC.CC.CC.CC.CC.CC.CC.CC.CC.CC.CC.CC.CC.CC.CCCN(CCC)c1c(CC)cccc1CC.CCCN(CCCN(C)c1ccccc1CC)c1c(CC)cccc1CC.CCc1ccccc1N(C)C[C@@H]1CN(c2c(CC)cccc2CC)C[C@H](C)C12[C@H](C)CN(c1c(CC)cccc1CC)C[C@@H]2C. The molecule has 684 valence electrons. The molecule has 1 unspecified atom stereocenters. The van der Waals surface area contributed by atoms with E-state index >= 15 is 0 Å². The summed E-state index contributed by atoms with van der Waals surface area (Å²) in [7, 11) is 4.59. The summed E-state index contributed by atoms with van der Waals surface area (Å²) in [6.45, 7) is 105. The molecule has 6 nitrogen and oxygen atoms in total. The van der Waals surface area contributed by atoms with E-state index in [4.69, 9.17) is 0 Å². The molecule has 2 saturated heterocycles. The van der Waals surface area contributed by atoms with E-state index in [1.807, 2.05) is 194 Å². The molecule has 0 radical (unpaired) electrons. The van der Waals surface area contributed by atoms with Crippen molar-refractivity contribution in [3.63, 3.8) is 0 Å². The molecule has 0 aliphatic carbocycles. The van der Waals surface area contributed by atoms with Crippen LogP contribution in [0, 0.1) is 29.1 Å². The quantitative estimate of drug-likeness (QED) is 0.0484. The predicted octanol–water partition coefficient (Wildman–Crippen LogP) is 34.4. The number of anilines is 6. The molecule has 6 aromatic carbocycles. The third-order valence-electron chi connectivity index (χ3n) is 20.8. The predicted molar refractivity (Wildman–Crippen MR) is 556 cm³/mol. The second-order valence-electron chi connectivity index (χ2n) is 26.3. The normalized spacial score (nSPS) is 14.4. The number of aryl methyl sites for hydroxylation is 10. The third kappa shape index (κ3) is 42.0. The van der Waals surface area contributed by atoms with Crippen molar-refractivity contribution in [2.24, 2.45) is 29.1 Å². The van der Waals surface area contributed by atoms with Crippen LogP contribution in [-0.4, -0.2) is 79.5 Å². The fourth-order valence-electron chi connectivity index (χ4n) is 16.7. The van der Waals surface area contributed by atoms with Gasteiger partial charge in [0, 0.05) is 120 Å². The van der Waals surface area contributed by atoms with Gasteiger partial charge in [0.05, 0.1) is 0 Å². The van der Waals surface area contributed by atoms with E-state index in [1.165, 1.54) is 129 Å². The maximum Gasteiger partial charge on any atom is 0.0431 e. The Morgan fingerprint density at radius 1 is 0.265 bits per heavy atom. The highest BCUT2D eigenvalue weighted by Gasteiger charge is 2.57. The van der Waals surface area contributed by atoms with E-state index in [9.17, 15) is 0 Å². The van der Waals surface area contributed by atoms with E-state index in [2.05, 4.69) is 276 Å². The lowest BCUT2D eigenvalue weighted by Gasteiger charge is -2.63. The van der Waals surface area contributed by atoms with Crippen molar-refractivity contribution in [1.29, 1.82) is 0 Å². The lowest BCUT2D eigenvalue weighted by molar-refractivity contribution is -0.0578. The zero-order valence-corrected chi connectivity index (χ0v) is 88.0. The maximum absolute atomic E-state index is 2.82. The number of nitrogens with zero attached hydrogens (tertiary/aromatic N) is 6. The van der Waals surface area contributed by atoms with Gasteiger partial charge in [-0.15, -0.1) is 0 Å². The van der Waals surface area contributed by atoms with Gasteiger partial charge in [-0.25, -0.2) is 0 Å². The summed E-state index contributed by atoms with van der Waals surface area (Å²) in [5.41, 5.74) is 24.1. The van der Waals surface area contributed by atoms with Crippen LogP contribution in [0.3, 0.4) is 0 Å². The molecule has 6 heteroatoms. The van der Waals surface area contributed by atoms with Crippen LogP contribution in [0.4, 0.5) is 34.1 Å². The molecule has 0 aromatic heterocycles. The average molecular weight is 1630 g/mol.